The summed E-state index contributed by atoms with van der Waals surface area (Å²) in [5.74, 6) is 1.14. The number of non-ortho nitro benzene ring substituents is 1. The van der Waals surface area contributed by atoms with E-state index >= 15 is 0 Å². The molecule has 1 aromatic heterocycles. The number of nitrogens with zero attached hydrogens (tertiary/aromatic N) is 4. The molecule has 0 spiro atoms. The molecule has 3 aromatic rings. The molecule has 2 aromatic carbocycles. The average molecular weight is 409 g/mol. The Hall–Kier alpha value is -3.20. The number of benzene rings is 2. The first-order chi connectivity index (χ1) is 14.0. The van der Waals surface area contributed by atoms with Crippen LogP contribution < -0.4 is 5.32 Å². The minimum Gasteiger partial charge on any atom is -0.325 e. The highest BCUT2D eigenvalue weighted by molar-refractivity contribution is 8.00. The van der Waals surface area contributed by atoms with Crippen LogP contribution in [0.5, 0.6) is 0 Å². The van der Waals surface area contributed by atoms with E-state index in [0.717, 1.165) is 24.4 Å². The third kappa shape index (κ3) is 4.45. The molecule has 0 radical (unpaired) electrons. The van der Waals surface area contributed by atoms with Gasteiger partial charge >= 0.3 is 0 Å². The molecule has 4 rings (SSSR count). The molecular weight excluding hydrogens is 390 g/mol. The van der Waals surface area contributed by atoms with Crippen molar-refractivity contribution in [1.29, 1.82) is 0 Å². The zero-order chi connectivity index (χ0) is 20.4. The number of hydrogen-bond donors (Lipinski definition) is 1. The summed E-state index contributed by atoms with van der Waals surface area (Å²) in [7, 11) is 0. The molecule has 8 nitrogen and oxygen atoms in total. The number of amides is 1. The van der Waals surface area contributed by atoms with Gasteiger partial charge in [-0.05, 0) is 44.0 Å². The number of rotatable bonds is 7. The topological polar surface area (TPSA) is 103 Å². The minimum absolute atomic E-state index is 0.0197. The molecule has 29 heavy (non-hydrogen) atoms. The molecule has 1 fully saturated rings. The number of hydrogen-bond acceptors (Lipinski definition) is 6. The molecule has 1 amide bonds. The van der Waals surface area contributed by atoms with Crippen molar-refractivity contribution >= 4 is 29.0 Å². The van der Waals surface area contributed by atoms with Crippen molar-refractivity contribution in [2.24, 2.45) is 0 Å². The van der Waals surface area contributed by atoms with Crippen molar-refractivity contribution in [1.82, 2.24) is 14.8 Å². The van der Waals surface area contributed by atoms with E-state index in [1.54, 1.807) is 6.92 Å². The zero-order valence-electron chi connectivity index (χ0n) is 15.7. The molecule has 1 aliphatic carbocycles. The highest BCUT2D eigenvalue weighted by Gasteiger charge is 2.31. The fraction of sp³-hybridized carbons (Fsp3) is 0.250. The van der Waals surface area contributed by atoms with Gasteiger partial charge in [-0.1, -0.05) is 30.0 Å². The first-order valence-corrected chi connectivity index (χ1v) is 10.1. The predicted molar refractivity (Wildman–Crippen MR) is 110 cm³/mol. The summed E-state index contributed by atoms with van der Waals surface area (Å²) in [6.07, 6.45) is 2.21. The van der Waals surface area contributed by atoms with Crippen molar-refractivity contribution in [2.45, 2.75) is 36.1 Å². The van der Waals surface area contributed by atoms with Gasteiger partial charge in [0.25, 0.3) is 5.69 Å². The Morgan fingerprint density at radius 1 is 1.21 bits per heavy atom. The van der Waals surface area contributed by atoms with Gasteiger partial charge < -0.3 is 5.32 Å². The Morgan fingerprint density at radius 2 is 1.90 bits per heavy atom. The maximum absolute atomic E-state index is 12.5. The number of nitro groups is 1. The number of nitrogens with one attached hydrogen (secondary N) is 1. The van der Waals surface area contributed by atoms with Crippen LogP contribution in [0.4, 0.5) is 11.4 Å². The lowest BCUT2D eigenvalue weighted by molar-refractivity contribution is -0.384. The van der Waals surface area contributed by atoms with Crippen molar-refractivity contribution in [3.8, 4) is 5.69 Å². The molecule has 1 unspecified atom stereocenters. The molecule has 148 valence electrons. The van der Waals surface area contributed by atoms with E-state index in [1.807, 2.05) is 35.0 Å². The van der Waals surface area contributed by atoms with Gasteiger partial charge in [0.05, 0.1) is 15.9 Å². The highest BCUT2D eigenvalue weighted by atomic mass is 32.2. The van der Waals surface area contributed by atoms with Gasteiger partial charge in [-0.3, -0.25) is 14.9 Å². The Labute approximate surface area is 171 Å². The average Bonchev–Trinajstić information content (AvgIpc) is 3.49. The lowest BCUT2D eigenvalue weighted by atomic mass is 10.3. The van der Waals surface area contributed by atoms with E-state index in [2.05, 4.69) is 15.4 Å². The predicted octanol–water partition coefficient (Wildman–Crippen LogP) is 4.17. The van der Waals surface area contributed by atoms with Crippen LogP contribution in [0.1, 0.15) is 31.5 Å². The van der Waals surface area contributed by atoms with Crippen LogP contribution in [-0.2, 0) is 4.79 Å². The lowest BCUT2D eigenvalue weighted by Gasteiger charge is -2.10. The molecular formula is C20H19N5O3S. The van der Waals surface area contributed by atoms with Gasteiger partial charge in [-0.15, -0.1) is 5.10 Å². The third-order valence-corrected chi connectivity index (χ3v) is 5.50. The Kier molecular flexibility index (Phi) is 5.30. The number of aromatic nitrogens is 3. The zero-order valence-corrected chi connectivity index (χ0v) is 16.5. The number of thioether (sulfide) groups is 1. The normalized spacial score (nSPS) is 14.4. The molecule has 1 atom stereocenters. The Balaban J connectivity index is 1.46. The SMILES string of the molecule is CC(Sc1nc(C2CC2)n(-c2ccccc2)n1)C(=O)Nc1ccc([N+](=O)[O-])cc1. The van der Waals surface area contributed by atoms with E-state index in [0.29, 0.717) is 16.8 Å². The quantitative estimate of drug-likeness (QED) is 0.357. The van der Waals surface area contributed by atoms with E-state index in [-0.39, 0.29) is 11.6 Å². The maximum Gasteiger partial charge on any atom is 0.269 e. The molecule has 1 heterocycles. The molecule has 1 saturated carbocycles. The van der Waals surface area contributed by atoms with Crippen molar-refractivity contribution in [2.75, 3.05) is 5.32 Å². The van der Waals surface area contributed by atoms with Gasteiger partial charge in [-0.25, -0.2) is 9.67 Å². The second-order valence-electron chi connectivity index (χ2n) is 6.83. The molecule has 0 bridgehead atoms. The van der Waals surface area contributed by atoms with Crippen LogP contribution in [-0.4, -0.2) is 30.8 Å². The van der Waals surface area contributed by atoms with Crippen molar-refractivity contribution < 1.29 is 9.72 Å². The van der Waals surface area contributed by atoms with Crippen molar-refractivity contribution in [3.63, 3.8) is 0 Å². The first-order valence-electron chi connectivity index (χ1n) is 9.25. The molecule has 1 aliphatic rings. The van der Waals surface area contributed by atoms with Crippen LogP contribution >= 0.6 is 11.8 Å². The van der Waals surface area contributed by atoms with Crippen LogP contribution in [0.2, 0.25) is 0 Å². The van der Waals surface area contributed by atoms with Gasteiger partial charge in [0, 0.05) is 23.7 Å². The van der Waals surface area contributed by atoms with Crippen molar-refractivity contribution in [3.05, 3.63) is 70.5 Å². The molecule has 0 saturated heterocycles. The third-order valence-electron chi connectivity index (χ3n) is 4.55. The van der Waals surface area contributed by atoms with Gasteiger partial charge in [0.1, 0.15) is 5.82 Å². The van der Waals surface area contributed by atoms with E-state index in [9.17, 15) is 14.9 Å². The summed E-state index contributed by atoms with van der Waals surface area (Å²) in [4.78, 5) is 27.4. The van der Waals surface area contributed by atoms with Crippen LogP contribution in [0.3, 0.4) is 0 Å². The number of nitro benzene ring substituents is 1. The standard InChI is InChI=1S/C20H19N5O3S/c1-13(19(26)21-15-9-11-17(12-10-15)25(27)28)29-20-22-18(14-7-8-14)24(23-20)16-5-3-2-4-6-16/h2-6,9-14H,7-8H2,1H3,(H,21,26). The van der Waals surface area contributed by atoms with Gasteiger partial charge in [-0.2, -0.15) is 0 Å². The monoisotopic (exact) mass is 409 g/mol. The maximum atomic E-state index is 12.5. The largest absolute Gasteiger partial charge is 0.325 e. The van der Waals surface area contributed by atoms with Crippen LogP contribution in [0.25, 0.3) is 5.69 Å². The Morgan fingerprint density at radius 3 is 2.52 bits per heavy atom. The van der Waals surface area contributed by atoms with E-state index in [1.165, 1.54) is 36.0 Å². The molecule has 9 heteroatoms. The Bertz CT molecular complexity index is 1030. The number of carbonyl (C=O) groups excluding carboxylic acids is 1. The summed E-state index contributed by atoms with van der Waals surface area (Å²) < 4.78 is 1.86. The fourth-order valence-corrected chi connectivity index (χ4v) is 3.60. The summed E-state index contributed by atoms with van der Waals surface area (Å²) in [5.41, 5.74) is 1.44. The number of para-hydroxylation sites is 1. The number of anilines is 1. The lowest BCUT2D eigenvalue weighted by Crippen LogP contribution is -2.22. The second-order valence-corrected chi connectivity index (χ2v) is 8.14. The van der Waals surface area contributed by atoms with Crippen LogP contribution in [0, 0.1) is 10.1 Å². The summed E-state index contributed by atoms with van der Waals surface area (Å²) in [5, 5.41) is 18.2. The summed E-state index contributed by atoms with van der Waals surface area (Å²) in [6.45, 7) is 1.78. The molecule has 1 N–H and O–H groups in total. The second kappa shape index (κ2) is 8.04. The fourth-order valence-electron chi connectivity index (χ4n) is 2.84. The smallest absolute Gasteiger partial charge is 0.269 e. The van der Waals surface area contributed by atoms with Crippen LogP contribution in [0.15, 0.2) is 59.8 Å². The highest BCUT2D eigenvalue weighted by Crippen LogP contribution is 2.40. The van der Waals surface area contributed by atoms with E-state index < -0.39 is 10.2 Å². The molecule has 0 aliphatic heterocycles. The first kappa shape index (κ1) is 19.1. The summed E-state index contributed by atoms with van der Waals surface area (Å²) in [6, 6.07) is 15.6. The van der Waals surface area contributed by atoms with Gasteiger partial charge in [0.15, 0.2) is 0 Å². The van der Waals surface area contributed by atoms with E-state index in [4.69, 9.17) is 0 Å². The summed E-state index contributed by atoms with van der Waals surface area (Å²) >= 11 is 1.29. The number of carbonyl (C=O) groups is 1. The van der Waals surface area contributed by atoms with Gasteiger partial charge in [0.2, 0.25) is 11.1 Å². The minimum atomic E-state index is -0.476.